The van der Waals surface area contributed by atoms with Gasteiger partial charge in [-0.3, -0.25) is 0 Å². The summed E-state index contributed by atoms with van der Waals surface area (Å²) < 4.78 is 0. The topological polar surface area (TPSA) is 24.9 Å². The lowest BCUT2D eigenvalue weighted by Gasteiger charge is -2.34. The van der Waals surface area contributed by atoms with Gasteiger partial charge in [0.2, 0.25) is 0 Å². The number of nitrogens with zero attached hydrogens (tertiary/aromatic N) is 1. The Kier molecular flexibility index (Phi) is 2.98. The fourth-order valence-electron chi connectivity index (χ4n) is 3.81. The first kappa shape index (κ1) is 13.5. The molecule has 4 rings (SSSR count). The fourth-order valence-corrected chi connectivity index (χ4v) is 5.13. The van der Waals surface area contributed by atoms with Crippen LogP contribution in [0.15, 0.2) is 24.3 Å². The molecule has 1 aromatic carbocycles. The van der Waals surface area contributed by atoms with Crippen LogP contribution in [0.1, 0.15) is 58.9 Å². The number of aromatic nitrogens is 1. The van der Waals surface area contributed by atoms with Crippen LogP contribution < -0.4 is 5.32 Å². The lowest BCUT2D eigenvalue weighted by molar-refractivity contribution is 0.265. The van der Waals surface area contributed by atoms with Crippen molar-refractivity contribution in [1.29, 1.82) is 0 Å². The Morgan fingerprint density at radius 3 is 2.86 bits per heavy atom. The van der Waals surface area contributed by atoms with E-state index in [0.717, 1.165) is 12.8 Å². The van der Waals surface area contributed by atoms with E-state index in [1.165, 1.54) is 33.1 Å². The third-order valence-electron chi connectivity index (χ3n) is 4.96. The quantitative estimate of drug-likeness (QED) is 0.904. The monoisotopic (exact) mass is 298 g/mol. The molecule has 110 valence electrons. The van der Waals surface area contributed by atoms with Crippen LogP contribution in [0, 0.1) is 5.41 Å². The van der Waals surface area contributed by atoms with E-state index in [2.05, 4.69) is 50.5 Å². The Bertz CT molecular complexity index is 686. The van der Waals surface area contributed by atoms with E-state index in [0.29, 0.717) is 17.4 Å². The number of rotatable bonds is 2. The van der Waals surface area contributed by atoms with E-state index < -0.39 is 0 Å². The highest BCUT2D eigenvalue weighted by atomic mass is 32.1. The van der Waals surface area contributed by atoms with E-state index in [4.69, 9.17) is 4.98 Å². The summed E-state index contributed by atoms with van der Waals surface area (Å²) >= 11 is 1.94. The number of thiazole rings is 1. The standard InChI is InChI=1S/C18H22N2S/c1-18(2)9-14(19-3)16-15(10-18)20-17(21-16)13-8-11-6-4-5-7-12(11)13/h4-7,13-14,19H,8-10H2,1-3H3. The second-order valence-corrected chi connectivity index (χ2v) is 8.27. The van der Waals surface area contributed by atoms with Crippen molar-refractivity contribution in [2.45, 2.75) is 45.1 Å². The molecule has 2 nitrogen and oxygen atoms in total. The zero-order valence-corrected chi connectivity index (χ0v) is 13.8. The summed E-state index contributed by atoms with van der Waals surface area (Å²) in [6, 6.07) is 9.28. The molecule has 0 fully saturated rings. The predicted octanol–water partition coefficient (Wildman–Crippen LogP) is 4.06. The zero-order chi connectivity index (χ0) is 14.6. The number of nitrogens with one attached hydrogen (secondary N) is 1. The van der Waals surface area contributed by atoms with Gasteiger partial charge in [-0.2, -0.15) is 0 Å². The van der Waals surface area contributed by atoms with Gasteiger partial charge in [0.15, 0.2) is 0 Å². The molecule has 0 bridgehead atoms. The van der Waals surface area contributed by atoms with Crippen LogP contribution in [0.5, 0.6) is 0 Å². The Morgan fingerprint density at radius 1 is 1.29 bits per heavy atom. The fraction of sp³-hybridized carbons (Fsp3) is 0.500. The first-order valence-corrected chi connectivity index (χ1v) is 8.63. The van der Waals surface area contributed by atoms with Crippen LogP contribution in [-0.4, -0.2) is 12.0 Å². The summed E-state index contributed by atoms with van der Waals surface area (Å²) in [6.45, 7) is 4.72. The van der Waals surface area contributed by atoms with Crippen molar-refractivity contribution >= 4 is 11.3 Å². The average molecular weight is 298 g/mol. The second-order valence-electron chi connectivity index (χ2n) is 7.20. The minimum Gasteiger partial charge on any atom is -0.312 e. The van der Waals surface area contributed by atoms with E-state index in [-0.39, 0.29) is 0 Å². The average Bonchev–Trinajstić information content (AvgIpc) is 2.81. The summed E-state index contributed by atoms with van der Waals surface area (Å²) in [5.41, 5.74) is 4.68. The van der Waals surface area contributed by atoms with Gasteiger partial charge in [0.05, 0.1) is 5.69 Å². The first-order chi connectivity index (χ1) is 10.1. The van der Waals surface area contributed by atoms with Crippen LogP contribution in [0.25, 0.3) is 0 Å². The molecular formula is C18H22N2S. The van der Waals surface area contributed by atoms with Gasteiger partial charge in [-0.25, -0.2) is 4.98 Å². The van der Waals surface area contributed by atoms with E-state index in [1.807, 2.05) is 11.3 Å². The molecule has 0 saturated carbocycles. The second kappa shape index (κ2) is 4.65. The molecule has 3 heteroatoms. The van der Waals surface area contributed by atoms with Gasteiger partial charge in [0.1, 0.15) is 5.01 Å². The maximum atomic E-state index is 5.04. The highest BCUT2D eigenvalue weighted by Crippen LogP contribution is 2.47. The van der Waals surface area contributed by atoms with Crippen molar-refractivity contribution in [3.8, 4) is 0 Å². The Morgan fingerprint density at radius 2 is 2.10 bits per heavy atom. The summed E-state index contributed by atoms with van der Waals surface area (Å²) in [5, 5.41) is 4.82. The molecule has 2 aromatic rings. The molecule has 0 aliphatic heterocycles. The van der Waals surface area contributed by atoms with Crippen molar-refractivity contribution in [1.82, 2.24) is 10.3 Å². The number of hydrogen-bond donors (Lipinski definition) is 1. The smallest absolute Gasteiger partial charge is 0.101 e. The van der Waals surface area contributed by atoms with Crippen LogP contribution in [-0.2, 0) is 12.8 Å². The highest BCUT2D eigenvalue weighted by Gasteiger charge is 2.37. The van der Waals surface area contributed by atoms with Gasteiger partial charge in [-0.1, -0.05) is 38.1 Å². The largest absolute Gasteiger partial charge is 0.312 e. The summed E-state index contributed by atoms with van der Waals surface area (Å²) in [5.74, 6) is 0.539. The molecule has 1 N–H and O–H groups in total. The highest BCUT2D eigenvalue weighted by molar-refractivity contribution is 7.12. The molecule has 2 aliphatic rings. The maximum absolute atomic E-state index is 5.04. The lowest BCUT2D eigenvalue weighted by Crippen LogP contribution is -2.30. The minimum absolute atomic E-state index is 0.351. The summed E-state index contributed by atoms with van der Waals surface area (Å²) in [4.78, 5) is 6.53. The van der Waals surface area contributed by atoms with Crippen molar-refractivity contribution in [2.24, 2.45) is 5.41 Å². The van der Waals surface area contributed by atoms with Crippen LogP contribution in [0.2, 0.25) is 0 Å². The third kappa shape index (κ3) is 2.14. The van der Waals surface area contributed by atoms with E-state index in [1.54, 1.807) is 0 Å². The third-order valence-corrected chi connectivity index (χ3v) is 6.29. The molecule has 0 saturated heterocycles. The van der Waals surface area contributed by atoms with E-state index in [9.17, 15) is 0 Å². The molecule has 2 unspecified atom stereocenters. The van der Waals surface area contributed by atoms with Crippen molar-refractivity contribution in [3.63, 3.8) is 0 Å². The minimum atomic E-state index is 0.351. The molecule has 21 heavy (non-hydrogen) atoms. The molecule has 1 heterocycles. The molecule has 0 spiro atoms. The van der Waals surface area contributed by atoms with Gasteiger partial charge in [-0.05, 0) is 42.9 Å². The Balaban J connectivity index is 1.70. The zero-order valence-electron chi connectivity index (χ0n) is 12.9. The summed E-state index contributed by atoms with van der Waals surface area (Å²) in [7, 11) is 2.08. The number of hydrogen-bond acceptors (Lipinski definition) is 3. The predicted molar refractivity (Wildman–Crippen MR) is 88.0 cm³/mol. The SMILES string of the molecule is CNC1CC(C)(C)Cc2nc(C3Cc4ccccc43)sc21. The van der Waals surface area contributed by atoms with Crippen molar-refractivity contribution in [3.05, 3.63) is 51.0 Å². The van der Waals surface area contributed by atoms with Gasteiger partial charge >= 0.3 is 0 Å². The number of benzene rings is 1. The number of fused-ring (bicyclic) bond motifs is 2. The van der Waals surface area contributed by atoms with Crippen molar-refractivity contribution in [2.75, 3.05) is 7.05 Å². The Hall–Kier alpha value is -1.19. The van der Waals surface area contributed by atoms with Gasteiger partial charge < -0.3 is 5.32 Å². The molecule has 0 radical (unpaired) electrons. The summed E-state index contributed by atoms with van der Waals surface area (Å²) in [6.07, 6.45) is 3.49. The lowest BCUT2D eigenvalue weighted by atomic mass is 9.76. The molecule has 0 amide bonds. The molecule has 2 aliphatic carbocycles. The molecule has 2 atom stereocenters. The Labute approximate surface area is 130 Å². The van der Waals surface area contributed by atoms with Crippen LogP contribution in [0.3, 0.4) is 0 Å². The first-order valence-electron chi connectivity index (χ1n) is 7.82. The molecular weight excluding hydrogens is 276 g/mol. The molecule has 1 aromatic heterocycles. The van der Waals surface area contributed by atoms with Gasteiger partial charge in [0, 0.05) is 16.8 Å². The van der Waals surface area contributed by atoms with Gasteiger partial charge in [0.25, 0.3) is 0 Å². The van der Waals surface area contributed by atoms with Crippen molar-refractivity contribution < 1.29 is 0 Å². The van der Waals surface area contributed by atoms with Gasteiger partial charge in [-0.15, -0.1) is 11.3 Å². The van der Waals surface area contributed by atoms with Crippen LogP contribution >= 0.6 is 11.3 Å². The van der Waals surface area contributed by atoms with Crippen LogP contribution in [0.4, 0.5) is 0 Å². The maximum Gasteiger partial charge on any atom is 0.101 e. The van der Waals surface area contributed by atoms with E-state index >= 15 is 0 Å². The normalized spacial score (nSPS) is 25.9.